The van der Waals surface area contributed by atoms with Crippen molar-refractivity contribution in [1.82, 2.24) is 9.55 Å². The molecule has 0 bridgehead atoms. The number of nitrogens with zero attached hydrogens (tertiary/aromatic N) is 2. The van der Waals surface area contributed by atoms with Gasteiger partial charge in [0.05, 0.1) is 17.4 Å². The normalized spacial score (nSPS) is 11.4. The molecule has 2 aromatic rings. The number of hydrogen-bond acceptors (Lipinski definition) is 1. The first kappa shape index (κ1) is 13.2. The summed E-state index contributed by atoms with van der Waals surface area (Å²) in [6.45, 7) is -4.81. The second-order valence-electron chi connectivity index (χ2n) is 3.10. The minimum absolute atomic E-state index is 0. The van der Waals surface area contributed by atoms with Gasteiger partial charge in [-0.2, -0.15) is 0 Å². The van der Waals surface area contributed by atoms with Gasteiger partial charge in [0.25, 0.3) is 0 Å². The molecule has 0 fully saturated rings. The molecule has 0 unspecified atom stereocenters. The standard InChI is InChI=1S/C8H7BF3N2.K/c10-9(11,12)5-14-6-13-7-3-1-2-4-8(7)14;/h1-4,6H,5H2;/q-1;+1. The molecule has 0 aliphatic carbocycles. The molecule has 0 spiro atoms. The molecular weight excluding hydrogens is 231 g/mol. The summed E-state index contributed by atoms with van der Waals surface area (Å²) < 4.78 is 37.6. The summed E-state index contributed by atoms with van der Waals surface area (Å²) in [4.78, 5) is 3.88. The van der Waals surface area contributed by atoms with Crippen LogP contribution in [0.3, 0.4) is 0 Å². The van der Waals surface area contributed by atoms with Crippen molar-refractivity contribution >= 4 is 18.0 Å². The van der Waals surface area contributed by atoms with Crippen molar-refractivity contribution in [2.24, 2.45) is 0 Å². The van der Waals surface area contributed by atoms with Gasteiger partial charge in [0.1, 0.15) is 0 Å². The van der Waals surface area contributed by atoms with Gasteiger partial charge in [-0.1, -0.05) is 12.1 Å². The average Bonchev–Trinajstić information content (AvgIpc) is 2.47. The third-order valence-corrected chi connectivity index (χ3v) is 1.93. The van der Waals surface area contributed by atoms with Crippen molar-refractivity contribution < 1.29 is 64.3 Å². The van der Waals surface area contributed by atoms with Gasteiger partial charge in [0.2, 0.25) is 0 Å². The van der Waals surface area contributed by atoms with Crippen LogP contribution < -0.4 is 51.4 Å². The van der Waals surface area contributed by atoms with Crippen LogP contribution in [0.4, 0.5) is 12.9 Å². The van der Waals surface area contributed by atoms with Crippen LogP contribution in [-0.2, 0) is 6.44 Å². The van der Waals surface area contributed by atoms with E-state index in [1.807, 2.05) is 0 Å². The molecule has 0 saturated heterocycles. The third-order valence-electron chi connectivity index (χ3n) is 1.93. The van der Waals surface area contributed by atoms with E-state index in [-0.39, 0.29) is 51.4 Å². The van der Waals surface area contributed by atoms with Crippen LogP contribution in [0.1, 0.15) is 0 Å². The van der Waals surface area contributed by atoms with E-state index in [9.17, 15) is 12.9 Å². The number of imidazole rings is 1. The molecule has 0 aliphatic rings. The molecule has 0 radical (unpaired) electrons. The summed E-state index contributed by atoms with van der Waals surface area (Å²) in [5.41, 5.74) is 1.11. The first-order valence-corrected chi connectivity index (χ1v) is 4.17. The van der Waals surface area contributed by atoms with Crippen LogP contribution in [0.25, 0.3) is 11.0 Å². The Morgan fingerprint density at radius 1 is 1.20 bits per heavy atom. The summed E-state index contributed by atoms with van der Waals surface area (Å²) in [5, 5.41) is 0. The first-order valence-electron chi connectivity index (χ1n) is 4.17. The summed E-state index contributed by atoms with van der Waals surface area (Å²) in [6.07, 6.45) is 0.292. The maximum atomic E-state index is 12.2. The second-order valence-corrected chi connectivity index (χ2v) is 3.10. The Morgan fingerprint density at radius 3 is 2.53 bits per heavy atom. The van der Waals surface area contributed by atoms with Crippen LogP contribution in [0.2, 0.25) is 0 Å². The van der Waals surface area contributed by atoms with Crippen molar-refractivity contribution in [2.45, 2.75) is 6.44 Å². The van der Waals surface area contributed by atoms with E-state index >= 15 is 0 Å². The van der Waals surface area contributed by atoms with E-state index in [1.165, 1.54) is 6.33 Å². The molecule has 0 N–H and O–H groups in total. The number of hydrogen-bond donors (Lipinski definition) is 0. The zero-order chi connectivity index (χ0) is 10.2. The summed E-state index contributed by atoms with van der Waals surface area (Å²) in [7, 11) is 0. The maximum absolute atomic E-state index is 12.2. The van der Waals surface area contributed by atoms with Crippen molar-refractivity contribution in [1.29, 1.82) is 0 Å². The molecule has 1 heterocycles. The van der Waals surface area contributed by atoms with Gasteiger partial charge >= 0.3 is 58.4 Å². The number of halogens is 3. The molecular formula is C8H7BF3KN2. The van der Waals surface area contributed by atoms with Gasteiger partial charge in [-0.25, -0.2) is 4.98 Å². The Kier molecular flexibility index (Phi) is 4.42. The Balaban J connectivity index is 0.00000112. The van der Waals surface area contributed by atoms with Gasteiger partial charge in [0, 0.05) is 0 Å². The van der Waals surface area contributed by atoms with E-state index in [0.29, 0.717) is 11.0 Å². The van der Waals surface area contributed by atoms with Gasteiger partial charge in [0.15, 0.2) is 0 Å². The van der Waals surface area contributed by atoms with Gasteiger partial charge in [-0.3, -0.25) is 0 Å². The minimum Gasteiger partial charge on any atom is -0.448 e. The van der Waals surface area contributed by atoms with E-state index in [0.717, 1.165) is 4.57 Å². The number of fused-ring (bicyclic) bond motifs is 1. The molecule has 74 valence electrons. The zero-order valence-corrected chi connectivity index (χ0v) is 11.3. The molecule has 2 rings (SSSR count). The predicted molar refractivity (Wildman–Crippen MR) is 48.8 cm³/mol. The van der Waals surface area contributed by atoms with E-state index in [2.05, 4.69) is 4.98 Å². The van der Waals surface area contributed by atoms with Crippen LogP contribution in [-0.4, -0.2) is 16.5 Å². The van der Waals surface area contributed by atoms with Crippen LogP contribution in [0.5, 0.6) is 0 Å². The molecule has 7 heteroatoms. The molecule has 1 aromatic heterocycles. The largest absolute Gasteiger partial charge is 1.00 e. The van der Waals surface area contributed by atoms with Crippen molar-refractivity contribution in [2.75, 3.05) is 0 Å². The first-order chi connectivity index (χ1) is 6.56. The van der Waals surface area contributed by atoms with Crippen molar-refractivity contribution in [3.63, 3.8) is 0 Å². The maximum Gasteiger partial charge on any atom is 1.00 e. The summed E-state index contributed by atoms with van der Waals surface area (Å²) >= 11 is 0. The van der Waals surface area contributed by atoms with Crippen LogP contribution >= 0.6 is 0 Å². The van der Waals surface area contributed by atoms with E-state index in [1.54, 1.807) is 24.3 Å². The number of rotatable bonds is 2. The molecule has 0 atom stereocenters. The SMILES string of the molecule is F[B-](F)(F)Cn1cnc2ccccc21.[K+]. The summed E-state index contributed by atoms with van der Waals surface area (Å²) in [5.74, 6) is 0. The van der Waals surface area contributed by atoms with Crippen molar-refractivity contribution in [3.8, 4) is 0 Å². The smallest absolute Gasteiger partial charge is 0.448 e. The minimum atomic E-state index is -4.81. The number of aromatic nitrogens is 2. The fourth-order valence-electron chi connectivity index (χ4n) is 1.38. The third kappa shape index (κ3) is 3.32. The molecule has 0 aliphatic heterocycles. The van der Waals surface area contributed by atoms with Gasteiger partial charge < -0.3 is 17.5 Å². The Bertz CT molecular complexity index is 454. The molecule has 2 nitrogen and oxygen atoms in total. The molecule has 15 heavy (non-hydrogen) atoms. The Morgan fingerprint density at radius 2 is 1.87 bits per heavy atom. The quantitative estimate of drug-likeness (QED) is 0.640. The molecule has 0 amide bonds. The van der Waals surface area contributed by atoms with E-state index < -0.39 is 13.4 Å². The van der Waals surface area contributed by atoms with E-state index in [4.69, 9.17) is 0 Å². The number of benzene rings is 1. The van der Waals surface area contributed by atoms with Crippen LogP contribution in [0, 0.1) is 0 Å². The van der Waals surface area contributed by atoms with Crippen LogP contribution in [0.15, 0.2) is 30.6 Å². The fourth-order valence-corrected chi connectivity index (χ4v) is 1.38. The average molecular weight is 238 g/mol. The second kappa shape index (κ2) is 5.01. The van der Waals surface area contributed by atoms with Gasteiger partial charge in [-0.05, 0) is 18.6 Å². The van der Waals surface area contributed by atoms with Crippen molar-refractivity contribution in [3.05, 3.63) is 30.6 Å². The Labute approximate surface area is 127 Å². The van der Waals surface area contributed by atoms with Gasteiger partial charge in [-0.15, -0.1) is 0 Å². The Hall–Kier alpha value is 0.181. The fraction of sp³-hybridized carbons (Fsp3) is 0.125. The molecule has 0 saturated carbocycles. The topological polar surface area (TPSA) is 17.8 Å². The monoisotopic (exact) mass is 238 g/mol. The summed E-state index contributed by atoms with van der Waals surface area (Å²) in [6, 6.07) is 6.77. The molecule has 1 aromatic carbocycles. The zero-order valence-electron chi connectivity index (χ0n) is 8.20. The predicted octanol–water partition coefficient (Wildman–Crippen LogP) is -0.573. The number of para-hydroxylation sites is 2.